The third-order valence-electron chi connectivity index (χ3n) is 2.43. The number of carboxylic acids is 1. The van der Waals surface area contributed by atoms with E-state index in [9.17, 15) is 4.79 Å². The van der Waals surface area contributed by atoms with E-state index in [1.807, 2.05) is 0 Å². The quantitative estimate of drug-likeness (QED) is 0.863. The summed E-state index contributed by atoms with van der Waals surface area (Å²) in [6.07, 6.45) is 0. The predicted molar refractivity (Wildman–Crippen MR) is 66.7 cm³/mol. The van der Waals surface area contributed by atoms with E-state index in [1.54, 1.807) is 12.1 Å². The molecule has 0 amide bonds. The van der Waals surface area contributed by atoms with Crippen LogP contribution in [0.1, 0.15) is 11.5 Å². The predicted octanol–water partition coefficient (Wildman–Crippen LogP) is 1.59. The average Bonchev–Trinajstić information content (AvgIpc) is 2.31. The lowest BCUT2D eigenvalue weighted by molar-refractivity contribution is -0.138. The standard InChI is InChI=1S/C11H14BrNO4/c1-16-7-3-4-8(17-2)10(12)9(7)6(5-13)11(14)15/h3-4,6H,5,13H2,1-2H3,(H,14,15). The molecule has 0 aliphatic heterocycles. The van der Waals surface area contributed by atoms with Crippen LogP contribution in [-0.4, -0.2) is 31.8 Å². The van der Waals surface area contributed by atoms with Crippen molar-refractivity contribution in [2.75, 3.05) is 20.8 Å². The minimum Gasteiger partial charge on any atom is -0.496 e. The number of halogens is 1. The van der Waals surface area contributed by atoms with Gasteiger partial charge in [0.05, 0.1) is 24.6 Å². The van der Waals surface area contributed by atoms with Gasteiger partial charge in [0.15, 0.2) is 0 Å². The Hall–Kier alpha value is -1.27. The molecule has 0 saturated heterocycles. The third-order valence-corrected chi connectivity index (χ3v) is 3.24. The highest BCUT2D eigenvalue weighted by atomic mass is 79.9. The number of carboxylic acid groups (broad SMARTS) is 1. The van der Waals surface area contributed by atoms with Gasteiger partial charge < -0.3 is 20.3 Å². The molecule has 0 fully saturated rings. The summed E-state index contributed by atoms with van der Waals surface area (Å²) < 4.78 is 10.8. The minimum atomic E-state index is -1.00. The van der Waals surface area contributed by atoms with Gasteiger partial charge in [0, 0.05) is 12.1 Å². The molecule has 0 saturated carbocycles. The van der Waals surface area contributed by atoms with Gasteiger partial charge in [0.25, 0.3) is 0 Å². The Bertz CT molecular complexity index is 422. The van der Waals surface area contributed by atoms with E-state index < -0.39 is 11.9 Å². The Morgan fingerprint density at radius 3 is 2.35 bits per heavy atom. The zero-order chi connectivity index (χ0) is 13.0. The summed E-state index contributed by atoms with van der Waals surface area (Å²) >= 11 is 3.32. The minimum absolute atomic E-state index is 0.0164. The van der Waals surface area contributed by atoms with Crippen LogP contribution in [0.25, 0.3) is 0 Å². The first-order valence-corrected chi connectivity index (χ1v) is 5.69. The summed E-state index contributed by atoms with van der Waals surface area (Å²) in [6.45, 7) is -0.0164. The highest BCUT2D eigenvalue weighted by molar-refractivity contribution is 9.10. The van der Waals surface area contributed by atoms with Gasteiger partial charge in [-0.15, -0.1) is 0 Å². The van der Waals surface area contributed by atoms with Crippen molar-refractivity contribution in [3.63, 3.8) is 0 Å². The van der Waals surface area contributed by atoms with Crippen LogP contribution in [0.15, 0.2) is 16.6 Å². The lowest BCUT2D eigenvalue weighted by Gasteiger charge is -2.18. The molecule has 0 aromatic heterocycles. The van der Waals surface area contributed by atoms with Gasteiger partial charge in [-0.1, -0.05) is 0 Å². The molecule has 0 spiro atoms. The summed E-state index contributed by atoms with van der Waals surface area (Å²) in [7, 11) is 2.99. The summed E-state index contributed by atoms with van der Waals surface area (Å²) in [4.78, 5) is 11.2. The Morgan fingerprint density at radius 2 is 1.94 bits per heavy atom. The Balaban J connectivity index is 3.40. The van der Waals surface area contributed by atoms with Crippen LogP contribution >= 0.6 is 15.9 Å². The average molecular weight is 304 g/mol. The Labute approximate surface area is 108 Å². The molecule has 94 valence electrons. The number of hydrogen-bond acceptors (Lipinski definition) is 4. The summed E-state index contributed by atoms with van der Waals surface area (Å²) in [5.41, 5.74) is 5.98. The largest absolute Gasteiger partial charge is 0.496 e. The fourth-order valence-corrected chi connectivity index (χ4v) is 2.32. The van der Waals surface area contributed by atoms with Crippen molar-refractivity contribution >= 4 is 21.9 Å². The summed E-state index contributed by atoms with van der Waals surface area (Å²) in [5, 5.41) is 9.14. The van der Waals surface area contributed by atoms with E-state index in [0.29, 0.717) is 21.5 Å². The molecule has 1 aromatic rings. The zero-order valence-electron chi connectivity index (χ0n) is 9.57. The molecule has 0 bridgehead atoms. The molecule has 17 heavy (non-hydrogen) atoms. The number of benzene rings is 1. The van der Waals surface area contributed by atoms with Crippen molar-refractivity contribution in [1.29, 1.82) is 0 Å². The zero-order valence-corrected chi connectivity index (χ0v) is 11.2. The summed E-state index contributed by atoms with van der Waals surface area (Å²) in [6, 6.07) is 3.35. The lowest BCUT2D eigenvalue weighted by atomic mass is 9.98. The number of nitrogens with two attached hydrogens (primary N) is 1. The fourth-order valence-electron chi connectivity index (χ4n) is 1.56. The SMILES string of the molecule is COc1ccc(OC)c(C(CN)C(=O)O)c1Br. The molecule has 0 aliphatic carbocycles. The molecule has 0 radical (unpaired) electrons. The van der Waals surface area contributed by atoms with Crippen molar-refractivity contribution in [2.24, 2.45) is 5.73 Å². The third kappa shape index (κ3) is 2.70. The molecule has 0 heterocycles. The molecule has 1 rings (SSSR count). The van der Waals surface area contributed by atoms with Crippen molar-refractivity contribution in [1.82, 2.24) is 0 Å². The highest BCUT2D eigenvalue weighted by Crippen LogP contribution is 2.39. The van der Waals surface area contributed by atoms with Crippen LogP contribution in [0.3, 0.4) is 0 Å². The topological polar surface area (TPSA) is 81.8 Å². The van der Waals surface area contributed by atoms with Gasteiger partial charge in [-0.2, -0.15) is 0 Å². The van der Waals surface area contributed by atoms with E-state index in [1.165, 1.54) is 14.2 Å². The maximum Gasteiger partial charge on any atom is 0.312 e. The molecular formula is C11H14BrNO4. The van der Waals surface area contributed by atoms with Crippen LogP contribution in [0.4, 0.5) is 0 Å². The van der Waals surface area contributed by atoms with E-state index in [2.05, 4.69) is 15.9 Å². The molecule has 1 atom stereocenters. The molecular weight excluding hydrogens is 290 g/mol. The molecule has 0 aliphatic rings. The first-order chi connectivity index (χ1) is 8.06. The molecule has 1 aromatic carbocycles. The van der Waals surface area contributed by atoms with Crippen molar-refractivity contribution < 1.29 is 19.4 Å². The van der Waals surface area contributed by atoms with Crippen LogP contribution in [0.5, 0.6) is 11.5 Å². The number of methoxy groups -OCH3 is 2. The van der Waals surface area contributed by atoms with E-state index in [-0.39, 0.29) is 6.54 Å². The number of ether oxygens (including phenoxy) is 2. The number of aliphatic carboxylic acids is 1. The lowest BCUT2D eigenvalue weighted by Crippen LogP contribution is -2.22. The van der Waals surface area contributed by atoms with Gasteiger partial charge >= 0.3 is 5.97 Å². The maximum atomic E-state index is 11.2. The van der Waals surface area contributed by atoms with Crippen molar-refractivity contribution in [3.05, 3.63) is 22.2 Å². The summed E-state index contributed by atoms with van der Waals surface area (Å²) in [5.74, 6) is -0.829. The smallest absolute Gasteiger partial charge is 0.312 e. The second-order valence-corrected chi connectivity index (χ2v) is 4.12. The van der Waals surface area contributed by atoms with Crippen LogP contribution in [-0.2, 0) is 4.79 Å². The van der Waals surface area contributed by atoms with Crippen LogP contribution in [0.2, 0.25) is 0 Å². The van der Waals surface area contributed by atoms with E-state index in [4.69, 9.17) is 20.3 Å². The Kier molecular flexibility index (Phi) is 4.77. The number of carbonyl (C=O) groups is 1. The molecule has 6 heteroatoms. The second kappa shape index (κ2) is 5.88. The second-order valence-electron chi connectivity index (χ2n) is 3.32. The molecule has 5 nitrogen and oxygen atoms in total. The van der Waals surface area contributed by atoms with Gasteiger partial charge in [-0.25, -0.2) is 0 Å². The van der Waals surface area contributed by atoms with Crippen LogP contribution in [0, 0.1) is 0 Å². The Morgan fingerprint density at radius 1 is 1.41 bits per heavy atom. The maximum absolute atomic E-state index is 11.2. The molecule has 3 N–H and O–H groups in total. The van der Waals surface area contributed by atoms with E-state index >= 15 is 0 Å². The van der Waals surface area contributed by atoms with Gasteiger partial charge in [-0.3, -0.25) is 4.79 Å². The number of hydrogen-bond donors (Lipinski definition) is 2. The van der Waals surface area contributed by atoms with Gasteiger partial charge in [0.1, 0.15) is 11.5 Å². The first kappa shape index (κ1) is 13.8. The number of rotatable bonds is 5. The van der Waals surface area contributed by atoms with E-state index in [0.717, 1.165) is 0 Å². The molecule has 1 unspecified atom stereocenters. The first-order valence-electron chi connectivity index (χ1n) is 4.90. The van der Waals surface area contributed by atoms with Crippen LogP contribution < -0.4 is 15.2 Å². The van der Waals surface area contributed by atoms with Crippen molar-refractivity contribution in [2.45, 2.75) is 5.92 Å². The normalized spacial score (nSPS) is 12.0. The fraction of sp³-hybridized carbons (Fsp3) is 0.364. The van der Waals surface area contributed by atoms with Gasteiger partial charge in [0.2, 0.25) is 0 Å². The highest BCUT2D eigenvalue weighted by Gasteiger charge is 2.26. The van der Waals surface area contributed by atoms with Gasteiger partial charge in [-0.05, 0) is 28.1 Å². The monoisotopic (exact) mass is 303 g/mol. The van der Waals surface area contributed by atoms with Crippen molar-refractivity contribution in [3.8, 4) is 11.5 Å².